The Balaban J connectivity index is 1.62. The maximum Gasteiger partial charge on any atom is 0.319 e. The number of anilines is 1. The fraction of sp³-hybridized carbons (Fsp3) is 0.182. The number of para-hydroxylation sites is 1. The Labute approximate surface area is 176 Å². The average molecular weight is 426 g/mol. The first-order valence-corrected chi connectivity index (χ1v) is 11.1. The number of ether oxygens (including phenoxy) is 1. The van der Waals surface area contributed by atoms with Gasteiger partial charge in [0.25, 0.3) is 0 Å². The second kappa shape index (κ2) is 9.89. The van der Waals surface area contributed by atoms with E-state index in [4.69, 9.17) is 4.74 Å². The smallest absolute Gasteiger partial charge is 0.319 e. The predicted molar refractivity (Wildman–Crippen MR) is 115 cm³/mol. The van der Waals surface area contributed by atoms with Crippen molar-refractivity contribution in [3.63, 3.8) is 0 Å². The van der Waals surface area contributed by atoms with Crippen molar-refractivity contribution in [2.45, 2.75) is 24.1 Å². The number of hydrogen-bond donors (Lipinski definition) is 2. The summed E-state index contributed by atoms with van der Waals surface area (Å²) in [5.41, 5.74) is 1.98. The lowest BCUT2D eigenvalue weighted by Gasteiger charge is -2.11. The Morgan fingerprint density at radius 3 is 2.50 bits per heavy atom. The second-order valence-electron chi connectivity index (χ2n) is 6.49. The number of hydrogen-bond acceptors (Lipinski definition) is 5. The van der Waals surface area contributed by atoms with Gasteiger partial charge >= 0.3 is 6.03 Å². The Kier molecular flexibility index (Phi) is 7.03. The van der Waals surface area contributed by atoms with E-state index in [2.05, 4.69) is 15.6 Å². The SMILES string of the molecule is CCOc1ccccc1CS(=O)(=O)c1ccc(NC(=O)NCc2cccnc2)cc1. The zero-order chi connectivity index (χ0) is 21.4. The molecule has 3 aromatic rings. The van der Waals surface area contributed by atoms with Crippen molar-refractivity contribution in [1.82, 2.24) is 10.3 Å². The van der Waals surface area contributed by atoms with Crippen molar-refractivity contribution in [1.29, 1.82) is 0 Å². The van der Waals surface area contributed by atoms with Crippen LogP contribution in [0.25, 0.3) is 0 Å². The lowest BCUT2D eigenvalue weighted by molar-refractivity contribution is 0.251. The molecule has 0 aliphatic heterocycles. The molecule has 0 fully saturated rings. The van der Waals surface area contributed by atoms with E-state index in [1.807, 2.05) is 13.0 Å². The van der Waals surface area contributed by atoms with Crippen molar-refractivity contribution in [2.75, 3.05) is 11.9 Å². The summed E-state index contributed by atoms with van der Waals surface area (Å²) in [5.74, 6) is 0.397. The molecule has 7 nitrogen and oxygen atoms in total. The fourth-order valence-corrected chi connectivity index (χ4v) is 4.18. The first-order valence-electron chi connectivity index (χ1n) is 9.45. The summed E-state index contributed by atoms with van der Waals surface area (Å²) in [5, 5.41) is 5.40. The van der Waals surface area contributed by atoms with Crippen LogP contribution in [0, 0.1) is 0 Å². The zero-order valence-corrected chi connectivity index (χ0v) is 17.4. The van der Waals surface area contributed by atoms with Gasteiger partial charge in [-0.05, 0) is 48.9 Å². The molecule has 1 heterocycles. The van der Waals surface area contributed by atoms with Gasteiger partial charge in [-0.15, -0.1) is 0 Å². The van der Waals surface area contributed by atoms with Gasteiger partial charge in [0.05, 0.1) is 17.3 Å². The molecule has 0 radical (unpaired) electrons. The van der Waals surface area contributed by atoms with Gasteiger partial charge in [-0.25, -0.2) is 13.2 Å². The Bertz CT molecular complexity index is 1080. The third-order valence-electron chi connectivity index (χ3n) is 4.27. The van der Waals surface area contributed by atoms with Crippen molar-refractivity contribution in [3.8, 4) is 5.75 Å². The Hall–Kier alpha value is -3.39. The number of benzene rings is 2. The summed E-state index contributed by atoms with van der Waals surface area (Å²) in [7, 11) is -3.56. The molecule has 1 aromatic heterocycles. The van der Waals surface area contributed by atoms with Gasteiger partial charge < -0.3 is 15.4 Å². The molecular formula is C22H23N3O4S. The highest BCUT2D eigenvalue weighted by molar-refractivity contribution is 7.90. The van der Waals surface area contributed by atoms with Gasteiger partial charge in [0.15, 0.2) is 9.84 Å². The molecule has 0 spiro atoms. The molecule has 0 saturated heterocycles. The molecule has 0 atom stereocenters. The van der Waals surface area contributed by atoms with Crippen LogP contribution in [0.4, 0.5) is 10.5 Å². The molecule has 156 valence electrons. The molecule has 2 N–H and O–H groups in total. The van der Waals surface area contributed by atoms with Crippen LogP contribution in [0.2, 0.25) is 0 Å². The molecule has 0 saturated carbocycles. The van der Waals surface area contributed by atoms with E-state index in [1.54, 1.807) is 54.9 Å². The van der Waals surface area contributed by atoms with Crippen LogP contribution in [0.15, 0.2) is 78.0 Å². The van der Waals surface area contributed by atoms with Crippen LogP contribution in [0.5, 0.6) is 5.75 Å². The molecule has 0 unspecified atom stereocenters. The molecule has 0 aliphatic carbocycles. The number of urea groups is 1. The van der Waals surface area contributed by atoms with Crippen LogP contribution in [-0.2, 0) is 22.1 Å². The number of pyridine rings is 1. The van der Waals surface area contributed by atoms with Crippen molar-refractivity contribution >= 4 is 21.6 Å². The van der Waals surface area contributed by atoms with Crippen molar-refractivity contribution < 1.29 is 17.9 Å². The monoisotopic (exact) mass is 425 g/mol. The molecule has 3 rings (SSSR count). The minimum Gasteiger partial charge on any atom is -0.494 e. The molecule has 30 heavy (non-hydrogen) atoms. The standard InChI is InChI=1S/C22H23N3O4S/c1-2-29-21-8-4-3-7-18(21)16-30(27,28)20-11-9-19(10-12-20)25-22(26)24-15-17-6-5-13-23-14-17/h3-14H,2,15-16H2,1H3,(H2,24,25,26). The van der Waals surface area contributed by atoms with Gasteiger partial charge in [0.2, 0.25) is 0 Å². The van der Waals surface area contributed by atoms with E-state index in [0.29, 0.717) is 30.2 Å². The van der Waals surface area contributed by atoms with Crippen LogP contribution < -0.4 is 15.4 Å². The van der Waals surface area contributed by atoms with Crippen LogP contribution in [0.1, 0.15) is 18.1 Å². The van der Waals surface area contributed by atoms with Crippen molar-refractivity contribution in [2.24, 2.45) is 0 Å². The number of nitrogens with one attached hydrogen (secondary N) is 2. The van der Waals surface area contributed by atoms with Gasteiger partial charge in [-0.3, -0.25) is 4.98 Å². The minimum absolute atomic E-state index is 0.165. The fourth-order valence-electron chi connectivity index (χ4n) is 2.81. The summed E-state index contributed by atoms with van der Waals surface area (Å²) < 4.78 is 31.1. The predicted octanol–water partition coefficient (Wildman–Crippen LogP) is 3.78. The third kappa shape index (κ3) is 5.81. The highest BCUT2D eigenvalue weighted by Gasteiger charge is 2.18. The van der Waals surface area contributed by atoms with E-state index in [9.17, 15) is 13.2 Å². The molecule has 0 bridgehead atoms. The van der Waals surface area contributed by atoms with Crippen LogP contribution in [0.3, 0.4) is 0 Å². The lowest BCUT2D eigenvalue weighted by Crippen LogP contribution is -2.28. The summed E-state index contributed by atoms with van der Waals surface area (Å²) in [4.78, 5) is 16.2. The number of sulfone groups is 1. The lowest BCUT2D eigenvalue weighted by atomic mass is 10.2. The van der Waals surface area contributed by atoms with Gasteiger partial charge in [-0.1, -0.05) is 24.3 Å². The topological polar surface area (TPSA) is 97.4 Å². The Morgan fingerprint density at radius 2 is 1.80 bits per heavy atom. The number of aromatic nitrogens is 1. The first-order chi connectivity index (χ1) is 14.5. The maximum absolute atomic E-state index is 12.8. The summed E-state index contributed by atoms with van der Waals surface area (Å²) in [6.07, 6.45) is 3.33. The minimum atomic E-state index is -3.56. The van der Waals surface area contributed by atoms with Crippen LogP contribution >= 0.6 is 0 Å². The molecule has 2 amide bonds. The summed E-state index contributed by atoms with van der Waals surface area (Å²) in [6, 6.07) is 16.4. The molecule has 0 aliphatic rings. The summed E-state index contributed by atoms with van der Waals surface area (Å²) in [6.45, 7) is 2.65. The quantitative estimate of drug-likeness (QED) is 0.572. The Morgan fingerprint density at radius 1 is 1.03 bits per heavy atom. The summed E-state index contributed by atoms with van der Waals surface area (Å²) >= 11 is 0. The second-order valence-corrected chi connectivity index (χ2v) is 8.48. The zero-order valence-electron chi connectivity index (χ0n) is 16.5. The molecule has 8 heteroatoms. The number of carbonyl (C=O) groups excluding carboxylic acids is 1. The first kappa shape index (κ1) is 21.3. The van der Waals surface area contributed by atoms with E-state index in [0.717, 1.165) is 5.56 Å². The number of amides is 2. The number of carbonyl (C=O) groups is 1. The highest BCUT2D eigenvalue weighted by Crippen LogP contribution is 2.24. The van der Waals surface area contributed by atoms with Crippen LogP contribution in [-0.4, -0.2) is 26.0 Å². The number of nitrogens with zero attached hydrogens (tertiary/aromatic N) is 1. The van der Waals surface area contributed by atoms with Gasteiger partial charge in [0.1, 0.15) is 5.75 Å². The van der Waals surface area contributed by atoms with E-state index >= 15 is 0 Å². The average Bonchev–Trinajstić information content (AvgIpc) is 2.75. The highest BCUT2D eigenvalue weighted by atomic mass is 32.2. The van der Waals surface area contributed by atoms with E-state index in [-0.39, 0.29) is 16.7 Å². The van der Waals surface area contributed by atoms with Gasteiger partial charge in [-0.2, -0.15) is 0 Å². The third-order valence-corrected chi connectivity index (χ3v) is 5.95. The van der Waals surface area contributed by atoms with E-state index in [1.165, 1.54) is 12.1 Å². The molecule has 2 aromatic carbocycles. The van der Waals surface area contributed by atoms with Gasteiger partial charge in [0, 0.05) is 30.2 Å². The number of rotatable bonds is 8. The molecular weight excluding hydrogens is 402 g/mol. The van der Waals surface area contributed by atoms with Crippen molar-refractivity contribution in [3.05, 3.63) is 84.2 Å². The largest absolute Gasteiger partial charge is 0.494 e. The van der Waals surface area contributed by atoms with E-state index < -0.39 is 9.84 Å². The normalized spacial score (nSPS) is 11.0. The maximum atomic E-state index is 12.8.